The number of amides is 1. The number of methoxy groups -OCH3 is 1. The van der Waals surface area contributed by atoms with E-state index in [0.717, 1.165) is 0 Å². The summed E-state index contributed by atoms with van der Waals surface area (Å²) in [5, 5.41) is 7.05. The number of Topliss-reactive ketones (excluding diaryl/α,β-unsaturated/α-hetero) is 1. The minimum absolute atomic E-state index is 0.133. The molecule has 0 unspecified atom stereocenters. The van der Waals surface area contributed by atoms with Gasteiger partial charge in [-0.15, -0.1) is 0 Å². The lowest BCUT2D eigenvalue weighted by Gasteiger charge is -2.07. The molecular formula is C22H20N4O5. The van der Waals surface area contributed by atoms with E-state index in [2.05, 4.69) is 15.4 Å². The molecule has 4 rings (SSSR count). The predicted molar refractivity (Wildman–Crippen MR) is 111 cm³/mol. The topological polar surface area (TPSA) is 112 Å². The molecule has 3 heterocycles. The van der Waals surface area contributed by atoms with Crippen molar-refractivity contribution in [2.24, 2.45) is 0 Å². The number of ether oxygens (including phenoxy) is 1. The van der Waals surface area contributed by atoms with Gasteiger partial charge >= 0.3 is 0 Å². The molecule has 1 N–H and O–H groups in total. The number of aromatic nitrogens is 3. The zero-order valence-electron chi connectivity index (χ0n) is 17.2. The number of oxazole rings is 1. The summed E-state index contributed by atoms with van der Waals surface area (Å²) >= 11 is 0. The van der Waals surface area contributed by atoms with Crippen LogP contribution in [0.25, 0.3) is 11.3 Å². The lowest BCUT2D eigenvalue weighted by atomic mass is 10.1. The Morgan fingerprint density at radius 2 is 1.94 bits per heavy atom. The number of rotatable bonds is 7. The number of anilines is 1. The molecule has 9 nitrogen and oxygen atoms in total. The predicted octanol–water partition coefficient (Wildman–Crippen LogP) is 3.95. The SMILES string of the molecule is COc1ccccc1-c1oc(C)nc1C(=O)Nc1ccn(Cc2ccc(C(C)=O)o2)n1. The van der Waals surface area contributed by atoms with E-state index in [9.17, 15) is 9.59 Å². The fraction of sp³-hybridized carbons (Fsp3) is 0.182. The minimum Gasteiger partial charge on any atom is -0.496 e. The molecular weight excluding hydrogens is 400 g/mol. The maximum atomic E-state index is 12.9. The van der Waals surface area contributed by atoms with Crippen molar-refractivity contribution in [3.8, 4) is 17.1 Å². The summed E-state index contributed by atoms with van der Waals surface area (Å²) in [6, 6.07) is 12.2. The van der Waals surface area contributed by atoms with Gasteiger partial charge in [-0.05, 0) is 24.3 Å². The molecule has 0 atom stereocenters. The van der Waals surface area contributed by atoms with Crippen molar-refractivity contribution >= 4 is 17.5 Å². The largest absolute Gasteiger partial charge is 0.496 e. The van der Waals surface area contributed by atoms with Crippen molar-refractivity contribution < 1.29 is 23.2 Å². The second-order valence-corrected chi connectivity index (χ2v) is 6.79. The third-order valence-electron chi connectivity index (χ3n) is 4.51. The number of carbonyl (C=O) groups is 2. The van der Waals surface area contributed by atoms with Crippen molar-refractivity contribution in [1.82, 2.24) is 14.8 Å². The van der Waals surface area contributed by atoms with Crippen molar-refractivity contribution in [2.45, 2.75) is 20.4 Å². The summed E-state index contributed by atoms with van der Waals surface area (Å²) in [4.78, 5) is 28.5. The summed E-state index contributed by atoms with van der Waals surface area (Å²) in [6.45, 7) is 3.43. The number of ketones is 1. The molecule has 0 aliphatic rings. The van der Waals surface area contributed by atoms with Gasteiger partial charge < -0.3 is 18.9 Å². The van der Waals surface area contributed by atoms with Gasteiger partial charge in [0.15, 0.2) is 34.7 Å². The van der Waals surface area contributed by atoms with Crippen LogP contribution < -0.4 is 10.1 Å². The molecule has 9 heteroatoms. The van der Waals surface area contributed by atoms with Crippen LogP contribution in [0.2, 0.25) is 0 Å². The number of nitrogens with zero attached hydrogens (tertiary/aromatic N) is 3. The van der Waals surface area contributed by atoms with Crippen LogP contribution in [0.1, 0.15) is 39.6 Å². The van der Waals surface area contributed by atoms with Crippen LogP contribution in [0.3, 0.4) is 0 Å². The summed E-state index contributed by atoms with van der Waals surface area (Å²) in [7, 11) is 1.55. The molecule has 158 valence electrons. The first kappa shape index (κ1) is 20.1. The van der Waals surface area contributed by atoms with Gasteiger partial charge in [-0.2, -0.15) is 5.10 Å². The molecule has 31 heavy (non-hydrogen) atoms. The summed E-state index contributed by atoms with van der Waals surface area (Å²) in [5.41, 5.74) is 0.758. The van der Waals surface area contributed by atoms with E-state index in [1.807, 2.05) is 12.1 Å². The molecule has 0 fully saturated rings. The number of hydrogen-bond donors (Lipinski definition) is 1. The molecule has 1 amide bonds. The zero-order chi connectivity index (χ0) is 22.0. The Bertz CT molecular complexity index is 1250. The van der Waals surface area contributed by atoms with Crippen molar-refractivity contribution in [3.05, 3.63) is 71.8 Å². The standard InChI is InChI=1S/C22H20N4O5/c1-13(27)17-9-8-15(31-17)12-26-11-10-19(25-26)24-22(28)20-21(30-14(2)23-20)16-6-4-5-7-18(16)29-3/h4-11H,12H2,1-3H3,(H,24,25,28). The Balaban J connectivity index is 1.52. The highest BCUT2D eigenvalue weighted by Gasteiger charge is 2.23. The van der Waals surface area contributed by atoms with Crippen molar-refractivity contribution in [3.63, 3.8) is 0 Å². The minimum atomic E-state index is -0.458. The monoisotopic (exact) mass is 420 g/mol. The molecule has 0 saturated heterocycles. The Hall–Kier alpha value is -4.14. The number of benzene rings is 1. The molecule has 3 aromatic heterocycles. The smallest absolute Gasteiger partial charge is 0.279 e. The van der Waals surface area contributed by atoms with Crippen LogP contribution in [-0.2, 0) is 6.54 Å². The van der Waals surface area contributed by atoms with Gasteiger partial charge in [0.05, 0.1) is 19.2 Å². The Morgan fingerprint density at radius 3 is 2.68 bits per heavy atom. The van der Waals surface area contributed by atoms with Crippen LogP contribution >= 0.6 is 0 Å². The van der Waals surface area contributed by atoms with Crippen LogP contribution in [0.4, 0.5) is 5.82 Å². The van der Waals surface area contributed by atoms with Crippen LogP contribution in [0, 0.1) is 6.92 Å². The van der Waals surface area contributed by atoms with Crippen LogP contribution in [-0.4, -0.2) is 33.6 Å². The zero-order valence-corrected chi connectivity index (χ0v) is 17.2. The average Bonchev–Trinajstić information content (AvgIpc) is 3.48. The Labute approximate surface area is 177 Å². The second kappa shape index (κ2) is 8.31. The van der Waals surface area contributed by atoms with E-state index in [4.69, 9.17) is 13.6 Å². The molecule has 1 aromatic carbocycles. The maximum Gasteiger partial charge on any atom is 0.279 e. The number of furan rings is 1. The van der Waals surface area contributed by atoms with Gasteiger partial charge in [0.2, 0.25) is 0 Å². The van der Waals surface area contributed by atoms with E-state index in [0.29, 0.717) is 46.8 Å². The first-order valence-corrected chi connectivity index (χ1v) is 9.50. The van der Waals surface area contributed by atoms with Gasteiger partial charge in [0.1, 0.15) is 11.5 Å². The number of aryl methyl sites for hydroxylation is 1. The maximum absolute atomic E-state index is 12.9. The first-order valence-electron chi connectivity index (χ1n) is 9.50. The first-order chi connectivity index (χ1) is 14.9. The number of para-hydroxylation sites is 1. The van der Waals surface area contributed by atoms with Crippen LogP contribution in [0.5, 0.6) is 5.75 Å². The van der Waals surface area contributed by atoms with E-state index in [1.54, 1.807) is 55.2 Å². The van der Waals surface area contributed by atoms with Crippen molar-refractivity contribution in [2.75, 3.05) is 12.4 Å². The molecule has 0 aliphatic carbocycles. The Kier molecular flexibility index (Phi) is 5.40. The highest BCUT2D eigenvalue weighted by atomic mass is 16.5. The van der Waals surface area contributed by atoms with E-state index in [-0.39, 0.29) is 11.5 Å². The Morgan fingerprint density at radius 1 is 1.13 bits per heavy atom. The molecule has 0 radical (unpaired) electrons. The molecule has 4 aromatic rings. The fourth-order valence-electron chi connectivity index (χ4n) is 3.10. The van der Waals surface area contributed by atoms with Gasteiger partial charge in [0, 0.05) is 26.1 Å². The summed E-state index contributed by atoms with van der Waals surface area (Å²) in [5.74, 6) is 1.86. The third-order valence-corrected chi connectivity index (χ3v) is 4.51. The number of nitrogens with one attached hydrogen (secondary N) is 1. The number of hydrogen-bond acceptors (Lipinski definition) is 7. The lowest BCUT2D eigenvalue weighted by molar-refractivity contribution is 0.0983. The number of carbonyl (C=O) groups excluding carboxylic acids is 2. The highest BCUT2D eigenvalue weighted by Crippen LogP contribution is 2.33. The van der Waals surface area contributed by atoms with E-state index < -0.39 is 5.91 Å². The quantitative estimate of drug-likeness (QED) is 0.450. The van der Waals surface area contributed by atoms with Gasteiger partial charge in [0.25, 0.3) is 5.91 Å². The fourth-order valence-corrected chi connectivity index (χ4v) is 3.10. The highest BCUT2D eigenvalue weighted by molar-refractivity contribution is 6.06. The summed E-state index contributed by atoms with van der Waals surface area (Å²) < 4.78 is 18.1. The van der Waals surface area contributed by atoms with Crippen LogP contribution in [0.15, 0.2) is 57.5 Å². The molecule has 0 spiro atoms. The van der Waals surface area contributed by atoms with Gasteiger partial charge in [-0.3, -0.25) is 14.3 Å². The average molecular weight is 420 g/mol. The normalized spacial score (nSPS) is 10.8. The molecule has 0 saturated carbocycles. The summed E-state index contributed by atoms with van der Waals surface area (Å²) in [6.07, 6.45) is 1.70. The van der Waals surface area contributed by atoms with Crippen molar-refractivity contribution in [1.29, 1.82) is 0 Å². The third kappa shape index (κ3) is 4.25. The van der Waals surface area contributed by atoms with Gasteiger partial charge in [-0.25, -0.2) is 4.98 Å². The second-order valence-electron chi connectivity index (χ2n) is 6.79. The molecule has 0 aliphatic heterocycles. The van der Waals surface area contributed by atoms with E-state index in [1.165, 1.54) is 6.92 Å². The lowest BCUT2D eigenvalue weighted by Crippen LogP contribution is -2.14. The van der Waals surface area contributed by atoms with E-state index >= 15 is 0 Å². The molecule has 0 bridgehead atoms. The van der Waals surface area contributed by atoms with Gasteiger partial charge in [-0.1, -0.05) is 12.1 Å².